The quantitative estimate of drug-likeness (QED) is 0.820. The van der Waals surface area contributed by atoms with Gasteiger partial charge in [-0.3, -0.25) is 0 Å². The molecular weight excluding hydrogens is 264 g/mol. The highest BCUT2D eigenvalue weighted by Gasteiger charge is 2.21. The molecule has 1 aromatic carbocycles. The summed E-state index contributed by atoms with van der Waals surface area (Å²) in [5, 5.41) is 17.9. The zero-order valence-electron chi connectivity index (χ0n) is 11.5. The van der Waals surface area contributed by atoms with Crippen LogP contribution in [0.25, 0.3) is 0 Å². The van der Waals surface area contributed by atoms with E-state index in [1.807, 2.05) is 20.8 Å². The second-order valence-electron chi connectivity index (χ2n) is 5.51. The van der Waals surface area contributed by atoms with Gasteiger partial charge in [-0.2, -0.15) is 0 Å². The lowest BCUT2D eigenvalue weighted by atomic mass is 9.98. The van der Waals surface area contributed by atoms with E-state index in [-0.39, 0.29) is 28.7 Å². The van der Waals surface area contributed by atoms with E-state index in [9.17, 15) is 14.4 Å². The maximum atomic E-state index is 11.9. The molecule has 0 saturated heterocycles. The first kappa shape index (κ1) is 15.7. The van der Waals surface area contributed by atoms with Gasteiger partial charge in [0.25, 0.3) is 0 Å². The van der Waals surface area contributed by atoms with E-state index in [1.165, 1.54) is 6.07 Å². The normalized spacial score (nSPS) is 10.9. The number of hydrogen-bond acceptors (Lipinski definition) is 4. The lowest BCUT2D eigenvalue weighted by Gasteiger charge is -2.18. The van der Waals surface area contributed by atoms with Gasteiger partial charge in [-0.15, -0.1) is 0 Å². The molecule has 0 saturated carbocycles. The minimum Gasteiger partial charge on any atom is -0.478 e. The van der Waals surface area contributed by atoms with Gasteiger partial charge in [0.1, 0.15) is 0 Å². The highest BCUT2D eigenvalue weighted by Crippen LogP contribution is 2.17. The summed E-state index contributed by atoms with van der Waals surface area (Å²) in [6, 6.07) is 3.26. The molecule has 2 N–H and O–H groups in total. The Morgan fingerprint density at radius 1 is 1.05 bits per heavy atom. The molecule has 0 bridgehead atoms. The molecule has 1 aromatic rings. The van der Waals surface area contributed by atoms with E-state index < -0.39 is 17.9 Å². The van der Waals surface area contributed by atoms with Gasteiger partial charge in [-0.1, -0.05) is 20.8 Å². The van der Waals surface area contributed by atoms with Crippen molar-refractivity contribution in [1.82, 2.24) is 0 Å². The van der Waals surface area contributed by atoms with Gasteiger partial charge in [-0.05, 0) is 23.6 Å². The Bertz CT molecular complexity index is 553. The fraction of sp³-hybridized carbons (Fsp3) is 0.357. The average molecular weight is 280 g/mol. The maximum absolute atomic E-state index is 11.9. The summed E-state index contributed by atoms with van der Waals surface area (Å²) in [5.41, 5.74) is -0.995. The molecule has 0 aliphatic rings. The Balaban J connectivity index is 3.08. The van der Waals surface area contributed by atoms with Crippen LogP contribution in [0.1, 0.15) is 51.8 Å². The molecule has 0 aliphatic carbocycles. The molecule has 0 unspecified atom stereocenters. The summed E-state index contributed by atoms with van der Waals surface area (Å²) < 4.78 is 5.03. The van der Waals surface area contributed by atoms with Crippen LogP contribution in [0, 0.1) is 5.41 Å². The molecule has 0 aliphatic heterocycles. The molecule has 0 fully saturated rings. The predicted molar refractivity (Wildman–Crippen MR) is 70.1 cm³/mol. The number of ether oxygens (including phenoxy) is 1. The van der Waals surface area contributed by atoms with Crippen LogP contribution >= 0.6 is 0 Å². The number of carboxylic acid groups (broad SMARTS) is 2. The number of aromatic carboxylic acids is 2. The highest BCUT2D eigenvalue weighted by atomic mass is 16.5. The first-order valence-electron chi connectivity index (χ1n) is 5.89. The molecule has 1 rings (SSSR count). The van der Waals surface area contributed by atoms with Gasteiger partial charge >= 0.3 is 17.9 Å². The Hall–Kier alpha value is -2.37. The highest BCUT2D eigenvalue weighted by molar-refractivity contribution is 6.04. The molecule has 0 atom stereocenters. The number of rotatable bonds is 4. The molecule has 0 aromatic heterocycles. The fourth-order valence-corrected chi connectivity index (χ4v) is 1.39. The first-order chi connectivity index (χ1) is 9.11. The van der Waals surface area contributed by atoms with Gasteiger partial charge in [-0.25, -0.2) is 14.4 Å². The van der Waals surface area contributed by atoms with Crippen LogP contribution in [0.5, 0.6) is 0 Å². The summed E-state index contributed by atoms with van der Waals surface area (Å²) in [6.45, 7) is 5.73. The Morgan fingerprint density at radius 3 is 2.10 bits per heavy atom. The van der Waals surface area contributed by atoms with Gasteiger partial charge in [0.2, 0.25) is 0 Å². The van der Waals surface area contributed by atoms with Gasteiger partial charge in [0.15, 0.2) is 0 Å². The minimum atomic E-state index is -1.38. The van der Waals surface area contributed by atoms with Gasteiger partial charge < -0.3 is 14.9 Å². The topological polar surface area (TPSA) is 101 Å². The Kier molecular flexibility index (Phi) is 4.49. The second-order valence-corrected chi connectivity index (χ2v) is 5.51. The smallest absolute Gasteiger partial charge is 0.339 e. The van der Waals surface area contributed by atoms with Crippen molar-refractivity contribution in [3.8, 4) is 0 Å². The van der Waals surface area contributed by atoms with E-state index in [4.69, 9.17) is 14.9 Å². The monoisotopic (exact) mass is 280 g/mol. The summed E-state index contributed by atoms with van der Waals surface area (Å²) in [4.78, 5) is 33.8. The zero-order chi connectivity index (χ0) is 15.5. The number of carbonyl (C=O) groups excluding carboxylic acids is 1. The average Bonchev–Trinajstić information content (AvgIpc) is 2.34. The van der Waals surface area contributed by atoms with Crippen LogP contribution < -0.4 is 0 Å². The third-order valence-electron chi connectivity index (χ3n) is 2.35. The molecule has 6 heteroatoms. The summed E-state index contributed by atoms with van der Waals surface area (Å²) in [7, 11) is 0. The van der Waals surface area contributed by atoms with Crippen LogP contribution in [0.3, 0.4) is 0 Å². The van der Waals surface area contributed by atoms with Crippen molar-refractivity contribution in [2.24, 2.45) is 5.41 Å². The van der Waals surface area contributed by atoms with Gasteiger partial charge in [0, 0.05) is 0 Å². The predicted octanol–water partition coefficient (Wildman–Crippen LogP) is 2.29. The van der Waals surface area contributed by atoms with Crippen molar-refractivity contribution in [2.75, 3.05) is 6.61 Å². The zero-order valence-corrected chi connectivity index (χ0v) is 11.5. The molecular formula is C14H16O6. The van der Waals surface area contributed by atoms with E-state index in [0.29, 0.717) is 0 Å². The standard InChI is InChI=1S/C14H16O6/c1-14(2,3)7-20-13(19)9-5-4-8(11(15)16)6-10(9)12(17)18/h4-6H,7H2,1-3H3,(H,15,16)(H,17,18). The Morgan fingerprint density at radius 2 is 1.65 bits per heavy atom. The molecule has 20 heavy (non-hydrogen) atoms. The van der Waals surface area contributed by atoms with Crippen LogP contribution in [0.2, 0.25) is 0 Å². The van der Waals surface area contributed by atoms with Crippen molar-refractivity contribution in [2.45, 2.75) is 20.8 Å². The maximum Gasteiger partial charge on any atom is 0.339 e. The number of carboxylic acids is 2. The van der Waals surface area contributed by atoms with Crippen molar-refractivity contribution >= 4 is 17.9 Å². The van der Waals surface area contributed by atoms with Crippen LogP contribution in [0.4, 0.5) is 0 Å². The van der Waals surface area contributed by atoms with Crippen LogP contribution in [-0.4, -0.2) is 34.7 Å². The first-order valence-corrected chi connectivity index (χ1v) is 5.89. The summed E-state index contributed by atoms with van der Waals surface area (Å²) >= 11 is 0. The minimum absolute atomic E-state index is 0.131. The van der Waals surface area contributed by atoms with Crippen molar-refractivity contribution < 1.29 is 29.3 Å². The summed E-state index contributed by atoms with van der Waals surface area (Å²) in [6.07, 6.45) is 0. The van der Waals surface area contributed by atoms with Crippen LogP contribution in [-0.2, 0) is 4.74 Å². The van der Waals surface area contributed by atoms with Crippen molar-refractivity contribution in [3.63, 3.8) is 0 Å². The molecule has 6 nitrogen and oxygen atoms in total. The third-order valence-corrected chi connectivity index (χ3v) is 2.35. The largest absolute Gasteiger partial charge is 0.478 e. The lowest BCUT2D eigenvalue weighted by molar-refractivity contribution is 0.0360. The SMILES string of the molecule is CC(C)(C)COC(=O)c1ccc(C(=O)O)cc1C(=O)O. The number of esters is 1. The van der Waals surface area contributed by atoms with E-state index in [1.54, 1.807) is 0 Å². The van der Waals surface area contributed by atoms with E-state index in [0.717, 1.165) is 12.1 Å². The second kappa shape index (κ2) is 5.73. The van der Waals surface area contributed by atoms with Crippen molar-refractivity contribution in [3.05, 3.63) is 34.9 Å². The molecule has 0 radical (unpaired) electrons. The molecule has 0 heterocycles. The van der Waals surface area contributed by atoms with E-state index >= 15 is 0 Å². The number of hydrogen-bond donors (Lipinski definition) is 2. The van der Waals surface area contributed by atoms with Crippen LogP contribution in [0.15, 0.2) is 18.2 Å². The van der Waals surface area contributed by atoms with E-state index in [2.05, 4.69) is 0 Å². The molecule has 0 amide bonds. The van der Waals surface area contributed by atoms with Gasteiger partial charge in [0.05, 0.1) is 23.3 Å². The number of carbonyl (C=O) groups is 3. The Labute approximate surface area is 116 Å². The number of benzene rings is 1. The molecule has 108 valence electrons. The third kappa shape index (κ3) is 4.08. The fourth-order valence-electron chi connectivity index (χ4n) is 1.39. The summed E-state index contributed by atoms with van der Waals surface area (Å²) in [5.74, 6) is -3.42. The lowest BCUT2D eigenvalue weighted by Crippen LogP contribution is -2.20. The molecule has 0 spiro atoms. The van der Waals surface area contributed by atoms with Crippen molar-refractivity contribution in [1.29, 1.82) is 0 Å².